The number of hydrogen-bond donors (Lipinski definition) is 0. The van der Waals surface area contributed by atoms with Crippen LogP contribution in [0.2, 0.25) is 0 Å². The first-order valence-corrected chi connectivity index (χ1v) is 4.47. The molecule has 0 spiro atoms. The predicted molar refractivity (Wildman–Crippen MR) is 48.3 cm³/mol. The van der Waals surface area contributed by atoms with Crippen molar-refractivity contribution in [2.24, 2.45) is 0 Å². The van der Waals surface area contributed by atoms with Crippen LogP contribution < -0.4 is 0 Å². The molecular weight excluding hydrogens is 145 g/mol. The van der Waals surface area contributed by atoms with Crippen LogP contribution in [0.3, 0.4) is 0 Å². The number of hydrogen-bond acceptors (Lipinski definition) is 2. The van der Waals surface area contributed by atoms with Crippen LogP contribution in [-0.2, 0) is 4.74 Å². The van der Waals surface area contributed by atoms with Crippen LogP contribution in [0.25, 0.3) is 0 Å². The summed E-state index contributed by atoms with van der Waals surface area (Å²) < 4.78 is 5.07. The molecule has 0 aromatic rings. The first-order valence-electron chi connectivity index (χ1n) is 3.65. The van der Waals surface area contributed by atoms with Crippen molar-refractivity contribution >= 4 is 9.24 Å². The molecule has 0 amide bonds. The zero-order chi connectivity index (χ0) is 7.98. The van der Waals surface area contributed by atoms with E-state index in [9.17, 15) is 0 Å². The molecule has 2 nitrogen and oxygen atoms in total. The first kappa shape index (κ1) is 10.3. The fraction of sp³-hybridized carbons (Fsp3) is 1.00. The van der Waals surface area contributed by atoms with E-state index >= 15 is 0 Å². The molecule has 0 bridgehead atoms. The Hall–Kier alpha value is 0.350. The Morgan fingerprint density at radius 2 is 2.20 bits per heavy atom. The lowest BCUT2D eigenvalue weighted by Gasteiger charge is -2.24. The van der Waals surface area contributed by atoms with Crippen LogP contribution in [-0.4, -0.2) is 38.0 Å². The highest BCUT2D eigenvalue weighted by Gasteiger charge is 2.09. The molecule has 2 unspecified atom stereocenters. The van der Waals surface area contributed by atoms with Crippen molar-refractivity contribution < 1.29 is 4.74 Å². The number of nitrogens with zero attached hydrogens (tertiary/aromatic N) is 1. The molecule has 0 saturated carbocycles. The van der Waals surface area contributed by atoms with Crippen LogP contribution in [0.1, 0.15) is 13.3 Å². The second-order valence-corrected chi connectivity index (χ2v) is 2.82. The summed E-state index contributed by atoms with van der Waals surface area (Å²) in [6.07, 6.45) is 2.17. The van der Waals surface area contributed by atoms with E-state index in [-0.39, 0.29) is 0 Å². The van der Waals surface area contributed by atoms with Crippen LogP contribution in [0.4, 0.5) is 0 Å². The topological polar surface area (TPSA) is 12.5 Å². The van der Waals surface area contributed by atoms with Gasteiger partial charge in [-0.15, -0.1) is 9.24 Å². The van der Waals surface area contributed by atoms with Crippen LogP contribution in [0.5, 0.6) is 0 Å². The van der Waals surface area contributed by atoms with E-state index in [0.29, 0.717) is 6.04 Å². The molecule has 2 atom stereocenters. The van der Waals surface area contributed by atoms with E-state index in [1.54, 1.807) is 7.11 Å². The highest BCUT2D eigenvalue weighted by molar-refractivity contribution is 7.16. The van der Waals surface area contributed by atoms with Crippen LogP contribution >= 0.6 is 9.24 Å². The summed E-state index contributed by atoms with van der Waals surface area (Å²) in [5.74, 6) is 0. The SMILES string of the molecule is CCC(COC)N(C)CP. The van der Waals surface area contributed by atoms with E-state index in [0.717, 1.165) is 19.3 Å². The molecule has 0 rings (SSSR count). The number of rotatable bonds is 5. The fourth-order valence-corrected chi connectivity index (χ4v) is 1.20. The van der Waals surface area contributed by atoms with Crippen molar-refractivity contribution in [1.29, 1.82) is 0 Å². The van der Waals surface area contributed by atoms with Crippen molar-refractivity contribution in [3.8, 4) is 0 Å². The largest absolute Gasteiger partial charge is 0.383 e. The summed E-state index contributed by atoms with van der Waals surface area (Å²) in [6, 6.07) is 0.572. The minimum atomic E-state index is 0.572. The van der Waals surface area contributed by atoms with Gasteiger partial charge in [-0.05, 0) is 13.5 Å². The summed E-state index contributed by atoms with van der Waals surface area (Å²) in [5, 5.41) is 0. The molecule has 0 aromatic carbocycles. The van der Waals surface area contributed by atoms with Crippen molar-refractivity contribution in [2.75, 3.05) is 27.1 Å². The molecular formula is C7H18NOP. The summed E-state index contributed by atoms with van der Waals surface area (Å²) >= 11 is 0. The van der Waals surface area contributed by atoms with Gasteiger partial charge in [0.2, 0.25) is 0 Å². The molecule has 3 heteroatoms. The van der Waals surface area contributed by atoms with Gasteiger partial charge in [-0.3, -0.25) is 4.90 Å². The van der Waals surface area contributed by atoms with Gasteiger partial charge in [-0.1, -0.05) is 6.92 Å². The Labute approximate surface area is 66.1 Å². The fourth-order valence-electron chi connectivity index (χ4n) is 0.898. The molecule has 0 fully saturated rings. The molecule has 0 aromatic heterocycles. The highest BCUT2D eigenvalue weighted by Crippen LogP contribution is 2.03. The van der Waals surface area contributed by atoms with Gasteiger partial charge in [-0.25, -0.2) is 0 Å². The van der Waals surface area contributed by atoms with Crippen molar-refractivity contribution in [3.63, 3.8) is 0 Å². The average molecular weight is 163 g/mol. The normalized spacial score (nSPS) is 14.1. The maximum Gasteiger partial charge on any atom is 0.0617 e. The van der Waals surface area contributed by atoms with Crippen LogP contribution in [0, 0.1) is 0 Å². The lowest BCUT2D eigenvalue weighted by Crippen LogP contribution is -2.33. The second kappa shape index (κ2) is 6.09. The molecule has 0 heterocycles. The summed E-state index contributed by atoms with van der Waals surface area (Å²) in [7, 11) is 6.57. The Kier molecular flexibility index (Phi) is 6.30. The Balaban J connectivity index is 3.56. The van der Waals surface area contributed by atoms with E-state index in [1.165, 1.54) is 0 Å². The molecule has 0 saturated heterocycles. The maximum atomic E-state index is 5.07. The van der Waals surface area contributed by atoms with E-state index in [1.807, 2.05) is 0 Å². The van der Waals surface area contributed by atoms with E-state index in [2.05, 4.69) is 28.1 Å². The lowest BCUT2D eigenvalue weighted by atomic mass is 10.2. The summed E-state index contributed by atoms with van der Waals surface area (Å²) in [6.45, 7) is 3.02. The van der Waals surface area contributed by atoms with Gasteiger partial charge in [-0.2, -0.15) is 0 Å². The zero-order valence-corrected chi connectivity index (χ0v) is 8.29. The van der Waals surface area contributed by atoms with Gasteiger partial charge in [0.25, 0.3) is 0 Å². The standard InChI is InChI=1S/C7H18NOP/c1-4-7(5-9-3)8(2)6-10/h7H,4-6,10H2,1-3H3. The number of ether oxygens (including phenoxy) is 1. The third-order valence-corrected chi connectivity index (χ3v) is 2.32. The van der Waals surface area contributed by atoms with Gasteiger partial charge in [0, 0.05) is 19.4 Å². The lowest BCUT2D eigenvalue weighted by molar-refractivity contribution is 0.115. The van der Waals surface area contributed by atoms with Crippen molar-refractivity contribution in [3.05, 3.63) is 0 Å². The number of methoxy groups -OCH3 is 1. The quantitative estimate of drug-likeness (QED) is 0.564. The molecule has 0 aliphatic heterocycles. The average Bonchev–Trinajstić information content (AvgIpc) is 1.99. The Morgan fingerprint density at radius 3 is 2.50 bits per heavy atom. The minimum Gasteiger partial charge on any atom is -0.383 e. The van der Waals surface area contributed by atoms with Gasteiger partial charge in [0.15, 0.2) is 0 Å². The van der Waals surface area contributed by atoms with Gasteiger partial charge in [0.05, 0.1) is 6.61 Å². The smallest absolute Gasteiger partial charge is 0.0617 e. The number of likely N-dealkylation sites (N-methyl/N-ethyl adjacent to an activating group) is 1. The third kappa shape index (κ3) is 3.50. The van der Waals surface area contributed by atoms with Crippen LogP contribution in [0.15, 0.2) is 0 Å². The van der Waals surface area contributed by atoms with Gasteiger partial charge >= 0.3 is 0 Å². The molecule has 10 heavy (non-hydrogen) atoms. The zero-order valence-electron chi connectivity index (χ0n) is 7.13. The predicted octanol–water partition coefficient (Wildman–Crippen LogP) is 1.18. The Morgan fingerprint density at radius 1 is 1.60 bits per heavy atom. The van der Waals surface area contributed by atoms with Gasteiger partial charge < -0.3 is 4.74 Å². The Bertz CT molecular complexity index is 80.0. The maximum absolute atomic E-state index is 5.07. The monoisotopic (exact) mass is 163 g/mol. The molecule has 0 aliphatic carbocycles. The third-order valence-electron chi connectivity index (χ3n) is 1.74. The minimum absolute atomic E-state index is 0.572. The summed E-state index contributed by atoms with van der Waals surface area (Å²) in [5.41, 5.74) is 0. The van der Waals surface area contributed by atoms with E-state index in [4.69, 9.17) is 4.74 Å². The van der Waals surface area contributed by atoms with E-state index < -0.39 is 0 Å². The second-order valence-electron chi connectivity index (χ2n) is 2.46. The van der Waals surface area contributed by atoms with Crippen molar-refractivity contribution in [2.45, 2.75) is 19.4 Å². The molecule has 0 radical (unpaired) electrons. The molecule has 0 aliphatic rings. The van der Waals surface area contributed by atoms with Crippen molar-refractivity contribution in [1.82, 2.24) is 4.90 Å². The molecule has 62 valence electrons. The highest BCUT2D eigenvalue weighted by atomic mass is 31.0. The summed E-state index contributed by atoms with van der Waals surface area (Å²) in [4.78, 5) is 2.27. The van der Waals surface area contributed by atoms with Gasteiger partial charge in [0.1, 0.15) is 0 Å². The molecule has 0 N–H and O–H groups in total. The first-order chi connectivity index (χ1) is 4.76.